The quantitative estimate of drug-likeness (QED) is 0.742. The molecule has 2 saturated carbocycles. The van der Waals surface area contributed by atoms with Crippen LogP contribution in [0.15, 0.2) is 47.4 Å². The summed E-state index contributed by atoms with van der Waals surface area (Å²) in [7, 11) is -3.51. The van der Waals surface area contributed by atoms with Gasteiger partial charge in [0.1, 0.15) is 0 Å². The third-order valence-electron chi connectivity index (χ3n) is 5.30. The molecule has 3 rings (SSSR count). The number of fused-ring (bicyclic) bond motifs is 2. The highest BCUT2D eigenvalue weighted by atomic mass is 32.2. The average Bonchev–Trinajstić information content (AvgIpc) is 3.14. The summed E-state index contributed by atoms with van der Waals surface area (Å²) in [5.41, 5.74) is 0. The van der Waals surface area contributed by atoms with E-state index in [2.05, 4.69) is 4.72 Å². The van der Waals surface area contributed by atoms with E-state index in [9.17, 15) is 13.2 Å². The third kappa shape index (κ3) is 3.70. The molecular formula is C18H23NO4S. The van der Waals surface area contributed by atoms with Gasteiger partial charge in [-0.1, -0.05) is 30.4 Å². The van der Waals surface area contributed by atoms with Crippen molar-refractivity contribution in [3.63, 3.8) is 0 Å². The van der Waals surface area contributed by atoms with Gasteiger partial charge in [-0.15, -0.1) is 0 Å². The Morgan fingerprint density at radius 3 is 2.58 bits per heavy atom. The third-order valence-corrected chi connectivity index (χ3v) is 6.78. The summed E-state index contributed by atoms with van der Waals surface area (Å²) in [6.07, 6.45) is 7.59. The molecule has 130 valence electrons. The summed E-state index contributed by atoms with van der Waals surface area (Å²) in [6.45, 7) is 0. The van der Waals surface area contributed by atoms with Gasteiger partial charge in [-0.2, -0.15) is 0 Å². The predicted molar refractivity (Wildman–Crippen MR) is 90.9 cm³/mol. The van der Waals surface area contributed by atoms with Crippen LogP contribution >= 0.6 is 0 Å². The van der Waals surface area contributed by atoms with E-state index in [-0.39, 0.29) is 18.4 Å². The first-order chi connectivity index (χ1) is 11.5. The highest BCUT2D eigenvalue weighted by molar-refractivity contribution is 7.89. The van der Waals surface area contributed by atoms with Crippen molar-refractivity contribution in [1.29, 1.82) is 0 Å². The minimum absolute atomic E-state index is 0.0151. The topological polar surface area (TPSA) is 83.5 Å². The second-order valence-corrected chi connectivity index (χ2v) is 8.48. The smallest absolute Gasteiger partial charge is 0.307 e. The molecule has 1 aromatic carbocycles. The number of allylic oxidation sites excluding steroid dienone is 1. The summed E-state index contributed by atoms with van der Waals surface area (Å²) in [4.78, 5) is 10.9. The maximum absolute atomic E-state index is 12.6. The summed E-state index contributed by atoms with van der Waals surface area (Å²) in [6, 6.07) is 8.41. The van der Waals surface area contributed by atoms with E-state index in [1.54, 1.807) is 36.4 Å². The van der Waals surface area contributed by atoms with Gasteiger partial charge in [0.05, 0.1) is 11.3 Å². The summed E-state index contributed by atoms with van der Waals surface area (Å²) in [5.74, 6) is 0.340. The van der Waals surface area contributed by atoms with Gasteiger partial charge in [0.15, 0.2) is 0 Å². The number of carboxylic acids is 1. The number of nitrogens with one attached hydrogen (secondary N) is 1. The molecule has 2 fully saturated rings. The Kier molecular flexibility index (Phi) is 5.06. The highest BCUT2D eigenvalue weighted by Gasteiger charge is 2.48. The molecule has 0 saturated heterocycles. The van der Waals surface area contributed by atoms with Gasteiger partial charge < -0.3 is 5.11 Å². The number of aliphatic carboxylic acids is 1. The molecule has 2 aliphatic carbocycles. The SMILES string of the molecule is O=C(O)C/C=C\C[C@H]1[C@@H]2CC[C@@H](C2)[C@@H]1NS(=O)(=O)c1ccccc1. The molecule has 2 N–H and O–H groups in total. The van der Waals surface area contributed by atoms with E-state index >= 15 is 0 Å². The van der Waals surface area contributed by atoms with Crippen molar-refractivity contribution in [3.8, 4) is 0 Å². The van der Waals surface area contributed by atoms with Crippen LogP contribution in [-0.2, 0) is 14.8 Å². The maximum Gasteiger partial charge on any atom is 0.307 e. The Labute approximate surface area is 142 Å². The van der Waals surface area contributed by atoms with Crippen LogP contribution < -0.4 is 4.72 Å². The van der Waals surface area contributed by atoms with E-state index in [4.69, 9.17) is 5.11 Å². The van der Waals surface area contributed by atoms with Gasteiger partial charge in [0.2, 0.25) is 10.0 Å². The molecule has 2 aliphatic rings. The normalized spacial score (nSPS) is 29.3. The fraction of sp³-hybridized carbons (Fsp3) is 0.500. The first-order valence-corrected chi connectivity index (χ1v) is 9.90. The Bertz CT molecular complexity index is 714. The molecule has 24 heavy (non-hydrogen) atoms. The Hall–Kier alpha value is -1.66. The fourth-order valence-electron chi connectivity index (χ4n) is 4.22. The Balaban J connectivity index is 1.71. The summed E-state index contributed by atoms with van der Waals surface area (Å²) < 4.78 is 28.2. The summed E-state index contributed by atoms with van der Waals surface area (Å²) >= 11 is 0. The molecule has 0 amide bonds. The van der Waals surface area contributed by atoms with Crippen molar-refractivity contribution >= 4 is 16.0 Å². The molecule has 1 aromatic rings. The first kappa shape index (κ1) is 17.2. The molecule has 5 nitrogen and oxygen atoms in total. The van der Waals surface area contributed by atoms with Crippen molar-refractivity contribution in [3.05, 3.63) is 42.5 Å². The second kappa shape index (κ2) is 7.07. The van der Waals surface area contributed by atoms with E-state index in [1.165, 1.54) is 0 Å². The molecule has 4 atom stereocenters. The lowest BCUT2D eigenvalue weighted by atomic mass is 9.83. The number of hydrogen-bond donors (Lipinski definition) is 2. The first-order valence-electron chi connectivity index (χ1n) is 8.41. The van der Waals surface area contributed by atoms with Crippen LogP contribution in [0.2, 0.25) is 0 Å². The number of rotatable bonds is 7. The van der Waals surface area contributed by atoms with Gasteiger partial charge in [-0.25, -0.2) is 13.1 Å². The lowest BCUT2D eigenvalue weighted by Gasteiger charge is -2.31. The lowest BCUT2D eigenvalue weighted by molar-refractivity contribution is -0.136. The van der Waals surface area contributed by atoms with E-state index in [0.717, 1.165) is 25.7 Å². The van der Waals surface area contributed by atoms with Crippen LogP contribution in [0.3, 0.4) is 0 Å². The van der Waals surface area contributed by atoms with Crippen molar-refractivity contribution in [2.24, 2.45) is 17.8 Å². The molecule has 2 bridgehead atoms. The van der Waals surface area contributed by atoms with Crippen LogP contribution in [0.5, 0.6) is 0 Å². The minimum atomic E-state index is -3.51. The number of sulfonamides is 1. The largest absolute Gasteiger partial charge is 0.481 e. The second-order valence-electron chi connectivity index (χ2n) is 6.76. The van der Waals surface area contributed by atoms with Crippen LogP contribution in [-0.4, -0.2) is 25.5 Å². The van der Waals surface area contributed by atoms with Crippen LogP contribution in [0.25, 0.3) is 0 Å². The molecule has 0 radical (unpaired) electrons. The van der Waals surface area contributed by atoms with E-state index < -0.39 is 16.0 Å². The zero-order valence-electron chi connectivity index (χ0n) is 13.5. The lowest BCUT2D eigenvalue weighted by Crippen LogP contribution is -2.43. The van der Waals surface area contributed by atoms with Crippen molar-refractivity contribution in [2.45, 2.75) is 43.0 Å². The maximum atomic E-state index is 12.6. The van der Waals surface area contributed by atoms with Gasteiger partial charge in [0.25, 0.3) is 0 Å². The molecule has 0 aliphatic heterocycles. The van der Waals surface area contributed by atoms with Gasteiger partial charge >= 0.3 is 5.97 Å². The van der Waals surface area contributed by atoms with Gasteiger partial charge in [-0.3, -0.25) is 4.79 Å². The van der Waals surface area contributed by atoms with Crippen LogP contribution in [0.4, 0.5) is 0 Å². The minimum Gasteiger partial charge on any atom is -0.481 e. The Morgan fingerprint density at radius 2 is 1.88 bits per heavy atom. The van der Waals surface area contributed by atoms with Crippen molar-refractivity contribution < 1.29 is 18.3 Å². The van der Waals surface area contributed by atoms with Crippen LogP contribution in [0, 0.1) is 17.8 Å². The summed E-state index contributed by atoms with van der Waals surface area (Å²) in [5, 5.41) is 8.70. The molecule has 6 heteroatoms. The number of carboxylic acid groups (broad SMARTS) is 1. The Morgan fingerprint density at radius 1 is 1.17 bits per heavy atom. The molecule has 0 aromatic heterocycles. The van der Waals surface area contributed by atoms with Crippen molar-refractivity contribution in [1.82, 2.24) is 4.72 Å². The highest BCUT2D eigenvalue weighted by Crippen LogP contribution is 2.50. The van der Waals surface area contributed by atoms with Crippen molar-refractivity contribution in [2.75, 3.05) is 0 Å². The van der Waals surface area contributed by atoms with Crippen LogP contribution in [0.1, 0.15) is 32.1 Å². The zero-order chi connectivity index (χ0) is 17.2. The average molecular weight is 349 g/mol. The number of benzene rings is 1. The number of carbonyl (C=O) groups is 1. The predicted octanol–water partition coefficient (Wildman–Crippen LogP) is 2.80. The molecule has 0 spiro atoms. The molecular weight excluding hydrogens is 326 g/mol. The number of hydrogen-bond acceptors (Lipinski definition) is 3. The fourth-order valence-corrected chi connectivity index (χ4v) is 5.59. The van der Waals surface area contributed by atoms with E-state index in [1.807, 2.05) is 6.08 Å². The monoisotopic (exact) mass is 349 g/mol. The van der Waals surface area contributed by atoms with Gasteiger partial charge in [0, 0.05) is 6.04 Å². The van der Waals surface area contributed by atoms with E-state index in [0.29, 0.717) is 16.7 Å². The zero-order valence-corrected chi connectivity index (χ0v) is 14.3. The molecule has 0 heterocycles. The molecule has 0 unspecified atom stereocenters. The van der Waals surface area contributed by atoms with Gasteiger partial charge in [-0.05, 0) is 55.6 Å². The standard InChI is InChI=1S/C18H23NO4S/c20-17(21)9-5-4-8-16-13-10-11-14(12-13)18(16)19-24(22,23)15-6-2-1-3-7-15/h1-7,13-14,16,18-19H,8-12H2,(H,20,21)/b5-4-/t13-,14+,16+,18+/m1/s1.